The van der Waals surface area contributed by atoms with Gasteiger partial charge in [0.15, 0.2) is 0 Å². The van der Waals surface area contributed by atoms with Gasteiger partial charge in [0.1, 0.15) is 17.4 Å². The van der Waals surface area contributed by atoms with Crippen LogP contribution in [0.5, 0.6) is 0 Å². The van der Waals surface area contributed by atoms with Crippen LogP contribution in [0.4, 0.5) is 4.79 Å². The number of benzene rings is 1. The highest BCUT2D eigenvalue weighted by molar-refractivity contribution is 5.87. The molecule has 8 heteroatoms. The van der Waals surface area contributed by atoms with Crippen molar-refractivity contribution < 1.29 is 28.9 Å². The smallest absolute Gasteiger partial charge is 0.407 e. The molecular weight excluding hydrogens is 424 g/mol. The van der Waals surface area contributed by atoms with Gasteiger partial charge >= 0.3 is 12.1 Å². The standard InChI is InChI=1S/C25H40N2O6/c1-17(20(13-14-21(26)28)27-23(30)33-25(5,6)7)31-16-19-10-8-18(9-11-19)12-15-22(29)32-24(2,3)4/h8-12,15,17,20-21,28H,13-14,16,26H2,1-7H3,(H,27,30)/b15-12+/t17-,20+,21?/m1/s1. The molecule has 0 heterocycles. The first kappa shape index (κ1) is 28.6. The Morgan fingerprint density at radius 1 is 1.03 bits per heavy atom. The maximum absolute atomic E-state index is 12.2. The molecule has 8 nitrogen and oxygen atoms in total. The molecule has 1 aromatic carbocycles. The lowest BCUT2D eigenvalue weighted by Gasteiger charge is -2.28. The van der Waals surface area contributed by atoms with Crippen molar-refractivity contribution >= 4 is 18.1 Å². The maximum atomic E-state index is 12.2. The largest absolute Gasteiger partial charge is 0.457 e. The van der Waals surface area contributed by atoms with Crippen LogP contribution in [0, 0.1) is 0 Å². The van der Waals surface area contributed by atoms with Crippen molar-refractivity contribution in [2.75, 3.05) is 0 Å². The first-order chi connectivity index (χ1) is 15.1. The highest BCUT2D eigenvalue weighted by atomic mass is 16.6. The quantitative estimate of drug-likeness (QED) is 0.273. The Morgan fingerprint density at radius 3 is 2.12 bits per heavy atom. The molecule has 0 saturated heterocycles. The number of ether oxygens (including phenoxy) is 3. The van der Waals surface area contributed by atoms with E-state index in [0.29, 0.717) is 19.4 Å². The SMILES string of the molecule is C[C@@H](OCc1ccc(/C=C/C(=O)OC(C)(C)C)cc1)[C@H](CCC(N)O)NC(=O)OC(C)(C)C. The van der Waals surface area contributed by atoms with Crippen LogP contribution in [0.15, 0.2) is 30.3 Å². The van der Waals surface area contributed by atoms with E-state index in [-0.39, 0.29) is 12.1 Å². The summed E-state index contributed by atoms with van der Waals surface area (Å²) >= 11 is 0. The molecule has 0 aliphatic heterocycles. The van der Waals surface area contributed by atoms with E-state index in [2.05, 4.69) is 5.32 Å². The lowest BCUT2D eigenvalue weighted by atomic mass is 10.1. The fraction of sp³-hybridized carbons (Fsp3) is 0.600. The van der Waals surface area contributed by atoms with Crippen molar-refractivity contribution in [2.45, 2.75) is 97.5 Å². The van der Waals surface area contributed by atoms with Crippen molar-refractivity contribution in [3.05, 3.63) is 41.5 Å². The number of aliphatic hydroxyl groups is 1. The third kappa shape index (κ3) is 13.7. The number of esters is 1. The molecule has 33 heavy (non-hydrogen) atoms. The second-order valence-corrected chi connectivity index (χ2v) is 10.0. The molecule has 0 radical (unpaired) electrons. The third-order valence-electron chi connectivity index (χ3n) is 4.35. The van der Waals surface area contributed by atoms with Crippen LogP contribution < -0.4 is 11.1 Å². The van der Waals surface area contributed by atoms with Gasteiger partial charge in [-0.25, -0.2) is 9.59 Å². The highest BCUT2D eigenvalue weighted by Crippen LogP contribution is 2.14. The van der Waals surface area contributed by atoms with E-state index in [1.807, 2.05) is 52.0 Å². The number of alkyl carbamates (subject to hydrolysis) is 1. The molecule has 4 N–H and O–H groups in total. The number of hydrogen-bond donors (Lipinski definition) is 3. The molecular formula is C25H40N2O6. The van der Waals surface area contributed by atoms with E-state index in [1.54, 1.807) is 26.8 Å². The number of aliphatic hydroxyl groups excluding tert-OH is 1. The van der Waals surface area contributed by atoms with Gasteiger partial charge in [-0.05, 0) is 78.5 Å². The molecule has 1 aromatic rings. The van der Waals surface area contributed by atoms with Gasteiger partial charge in [-0.1, -0.05) is 24.3 Å². The summed E-state index contributed by atoms with van der Waals surface area (Å²) in [5.41, 5.74) is 6.11. The molecule has 0 aliphatic carbocycles. The fourth-order valence-corrected chi connectivity index (χ4v) is 2.80. The minimum Gasteiger partial charge on any atom is -0.457 e. The van der Waals surface area contributed by atoms with Crippen LogP contribution in [-0.2, 0) is 25.6 Å². The molecule has 1 amide bonds. The summed E-state index contributed by atoms with van der Waals surface area (Å²) in [7, 11) is 0. The van der Waals surface area contributed by atoms with E-state index in [1.165, 1.54) is 6.08 Å². The van der Waals surface area contributed by atoms with Gasteiger partial charge in [-0.15, -0.1) is 0 Å². The average molecular weight is 465 g/mol. The summed E-state index contributed by atoms with van der Waals surface area (Å²) in [6, 6.07) is 7.19. The first-order valence-electron chi connectivity index (χ1n) is 11.2. The van der Waals surface area contributed by atoms with E-state index in [0.717, 1.165) is 11.1 Å². The highest BCUT2D eigenvalue weighted by Gasteiger charge is 2.24. The lowest BCUT2D eigenvalue weighted by molar-refractivity contribution is -0.148. The summed E-state index contributed by atoms with van der Waals surface area (Å²) in [5, 5.41) is 12.2. The Morgan fingerprint density at radius 2 is 1.61 bits per heavy atom. The van der Waals surface area contributed by atoms with Gasteiger partial charge in [-0.2, -0.15) is 0 Å². The zero-order valence-electron chi connectivity index (χ0n) is 20.9. The predicted molar refractivity (Wildman–Crippen MR) is 128 cm³/mol. The van der Waals surface area contributed by atoms with E-state index in [9.17, 15) is 14.7 Å². The number of carbonyl (C=O) groups is 2. The lowest BCUT2D eigenvalue weighted by Crippen LogP contribution is -2.46. The third-order valence-corrected chi connectivity index (χ3v) is 4.35. The number of carbonyl (C=O) groups excluding carboxylic acids is 2. The van der Waals surface area contributed by atoms with E-state index < -0.39 is 29.5 Å². The Hall–Kier alpha value is -2.42. The van der Waals surface area contributed by atoms with Crippen molar-refractivity contribution in [3.8, 4) is 0 Å². The van der Waals surface area contributed by atoms with Gasteiger partial charge < -0.3 is 30.4 Å². The molecule has 0 spiro atoms. The average Bonchev–Trinajstić information content (AvgIpc) is 2.65. The number of amides is 1. The first-order valence-corrected chi connectivity index (χ1v) is 11.2. The van der Waals surface area contributed by atoms with Crippen molar-refractivity contribution in [1.29, 1.82) is 0 Å². The topological polar surface area (TPSA) is 120 Å². The van der Waals surface area contributed by atoms with Crippen molar-refractivity contribution in [3.63, 3.8) is 0 Å². The summed E-state index contributed by atoms with van der Waals surface area (Å²) in [4.78, 5) is 24.0. The minimum atomic E-state index is -0.971. The van der Waals surface area contributed by atoms with Crippen molar-refractivity contribution in [2.24, 2.45) is 5.73 Å². The molecule has 1 unspecified atom stereocenters. The number of hydrogen-bond acceptors (Lipinski definition) is 7. The van der Waals surface area contributed by atoms with Gasteiger partial charge in [-0.3, -0.25) is 0 Å². The molecule has 0 bridgehead atoms. The molecule has 3 atom stereocenters. The second kappa shape index (κ2) is 12.7. The van der Waals surface area contributed by atoms with E-state index in [4.69, 9.17) is 19.9 Å². The molecule has 1 rings (SSSR count). The molecule has 0 fully saturated rings. The molecule has 0 aliphatic rings. The normalized spacial score (nSPS) is 15.1. The Balaban J connectivity index is 2.67. The minimum absolute atomic E-state index is 0.312. The maximum Gasteiger partial charge on any atom is 0.407 e. The second-order valence-electron chi connectivity index (χ2n) is 10.0. The predicted octanol–water partition coefficient (Wildman–Crippen LogP) is 3.90. The molecule has 0 saturated carbocycles. The Bertz CT molecular complexity index is 776. The number of nitrogens with one attached hydrogen (secondary N) is 1. The van der Waals surface area contributed by atoms with Gasteiger partial charge in [0.25, 0.3) is 0 Å². The van der Waals surface area contributed by atoms with Gasteiger partial charge in [0, 0.05) is 6.08 Å². The van der Waals surface area contributed by atoms with Crippen LogP contribution in [0.2, 0.25) is 0 Å². The van der Waals surface area contributed by atoms with Crippen LogP contribution in [0.25, 0.3) is 6.08 Å². The van der Waals surface area contributed by atoms with Gasteiger partial charge in [0.05, 0.1) is 18.8 Å². The van der Waals surface area contributed by atoms with Gasteiger partial charge in [0.2, 0.25) is 0 Å². The Kier molecular flexibility index (Phi) is 11.0. The summed E-state index contributed by atoms with van der Waals surface area (Å²) in [5.74, 6) is -0.394. The summed E-state index contributed by atoms with van der Waals surface area (Å²) in [6.07, 6.45) is 1.98. The number of nitrogens with two attached hydrogens (primary N) is 1. The fourth-order valence-electron chi connectivity index (χ4n) is 2.80. The zero-order valence-corrected chi connectivity index (χ0v) is 20.9. The van der Waals surface area contributed by atoms with Crippen LogP contribution in [-0.4, -0.2) is 46.7 Å². The van der Waals surface area contributed by atoms with E-state index >= 15 is 0 Å². The monoisotopic (exact) mass is 464 g/mol. The summed E-state index contributed by atoms with van der Waals surface area (Å²) in [6.45, 7) is 13.0. The molecule has 0 aromatic heterocycles. The Labute approximate surface area is 197 Å². The molecule has 186 valence electrons. The number of rotatable bonds is 10. The van der Waals surface area contributed by atoms with Crippen LogP contribution >= 0.6 is 0 Å². The van der Waals surface area contributed by atoms with Crippen molar-refractivity contribution in [1.82, 2.24) is 5.32 Å². The van der Waals surface area contributed by atoms with Crippen LogP contribution in [0.1, 0.15) is 72.4 Å². The van der Waals surface area contributed by atoms with Crippen LogP contribution in [0.3, 0.4) is 0 Å². The zero-order chi connectivity index (χ0) is 25.2. The summed E-state index contributed by atoms with van der Waals surface area (Å²) < 4.78 is 16.5.